The first-order valence-corrected chi connectivity index (χ1v) is 5.24. The fourth-order valence-corrected chi connectivity index (χ4v) is 1.31. The van der Waals surface area contributed by atoms with Gasteiger partial charge in [0.1, 0.15) is 5.82 Å². The van der Waals surface area contributed by atoms with E-state index in [1.165, 1.54) is 0 Å². The number of anilines is 1. The van der Waals surface area contributed by atoms with Crippen molar-refractivity contribution >= 4 is 5.82 Å². The highest BCUT2D eigenvalue weighted by atomic mass is 15.0. The fraction of sp³-hybridized carbons (Fsp3) is 0.500. The lowest BCUT2D eigenvalue weighted by atomic mass is 10.1. The maximum atomic E-state index is 8.79. The number of rotatable bonds is 4. The number of hydrogen-bond donors (Lipinski definition) is 1. The quantitative estimate of drug-likeness (QED) is 0.818. The minimum absolute atomic E-state index is 0.662. The first kappa shape index (κ1) is 11.5. The van der Waals surface area contributed by atoms with Gasteiger partial charge in [0, 0.05) is 12.2 Å². The van der Waals surface area contributed by atoms with Crippen LogP contribution in [0, 0.1) is 24.2 Å². The van der Waals surface area contributed by atoms with Crippen LogP contribution in [0.4, 0.5) is 5.82 Å². The number of nitrogens with zero attached hydrogens (tertiary/aromatic N) is 2. The van der Waals surface area contributed by atoms with Crippen molar-refractivity contribution in [3.63, 3.8) is 0 Å². The zero-order valence-corrected chi connectivity index (χ0v) is 9.54. The van der Waals surface area contributed by atoms with Crippen molar-refractivity contribution in [3.8, 4) is 6.07 Å². The monoisotopic (exact) mass is 203 g/mol. The van der Waals surface area contributed by atoms with Crippen molar-refractivity contribution in [2.24, 2.45) is 5.92 Å². The third-order valence-electron chi connectivity index (χ3n) is 2.11. The van der Waals surface area contributed by atoms with E-state index in [2.05, 4.69) is 30.2 Å². The molecule has 0 unspecified atom stereocenters. The van der Waals surface area contributed by atoms with Crippen LogP contribution < -0.4 is 5.32 Å². The number of nitriles is 1. The number of pyridine rings is 1. The largest absolute Gasteiger partial charge is 0.370 e. The lowest BCUT2D eigenvalue weighted by Crippen LogP contribution is -2.06. The molecule has 0 fully saturated rings. The minimum Gasteiger partial charge on any atom is -0.370 e. The zero-order chi connectivity index (χ0) is 11.3. The Labute approximate surface area is 91.1 Å². The van der Waals surface area contributed by atoms with E-state index in [1.54, 1.807) is 12.1 Å². The average Bonchev–Trinajstić information content (AvgIpc) is 2.16. The van der Waals surface area contributed by atoms with Crippen LogP contribution in [0.25, 0.3) is 0 Å². The van der Waals surface area contributed by atoms with Gasteiger partial charge in [-0.05, 0) is 31.4 Å². The molecule has 0 radical (unpaired) electrons. The van der Waals surface area contributed by atoms with E-state index in [0.717, 1.165) is 24.5 Å². The normalized spacial score (nSPS) is 10.1. The van der Waals surface area contributed by atoms with E-state index >= 15 is 0 Å². The topological polar surface area (TPSA) is 48.7 Å². The number of hydrogen-bond acceptors (Lipinski definition) is 3. The van der Waals surface area contributed by atoms with Gasteiger partial charge in [0.25, 0.3) is 0 Å². The minimum atomic E-state index is 0.662. The summed E-state index contributed by atoms with van der Waals surface area (Å²) in [5.74, 6) is 1.48. The molecule has 0 bridgehead atoms. The summed E-state index contributed by atoms with van der Waals surface area (Å²) in [6.07, 6.45) is 1.11. The Bertz CT molecular complexity index is 364. The van der Waals surface area contributed by atoms with Crippen molar-refractivity contribution in [3.05, 3.63) is 23.4 Å². The van der Waals surface area contributed by atoms with Gasteiger partial charge < -0.3 is 5.32 Å². The molecule has 0 saturated carbocycles. The lowest BCUT2D eigenvalue weighted by molar-refractivity contribution is 0.606. The Morgan fingerprint density at radius 2 is 2.20 bits per heavy atom. The van der Waals surface area contributed by atoms with Crippen LogP contribution >= 0.6 is 0 Å². The summed E-state index contributed by atoms with van der Waals surface area (Å²) in [5.41, 5.74) is 1.54. The molecule has 1 N–H and O–H groups in total. The molecule has 0 aromatic carbocycles. The average molecular weight is 203 g/mol. The highest BCUT2D eigenvalue weighted by Crippen LogP contribution is 2.09. The van der Waals surface area contributed by atoms with Crippen molar-refractivity contribution in [1.29, 1.82) is 5.26 Å². The molecule has 15 heavy (non-hydrogen) atoms. The molecule has 0 aliphatic rings. The Hall–Kier alpha value is -1.56. The summed E-state index contributed by atoms with van der Waals surface area (Å²) in [4.78, 5) is 4.32. The zero-order valence-electron chi connectivity index (χ0n) is 9.54. The molecule has 0 amide bonds. The smallest absolute Gasteiger partial charge is 0.127 e. The summed E-state index contributed by atoms with van der Waals surface area (Å²) < 4.78 is 0. The van der Waals surface area contributed by atoms with Gasteiger partial charge in [0.05, 0.1) is 11.6 Å². The van der Waals surface area contributed by atoms with Gasteiger partial charge in [-0.1, -0.05) is 13.8 Å². The second-order valence-corrected chi connectivity index (χ2v) is 4.10. The molecule has 0 saturated heterocycles. The lowest BCUT2D eigenvalue weighted by Gasteiger charge is -2.08. The molecule has 0 atom stereocenters. The van der Waals surface area contributed by atoms with Crippen LogP contribution in [0.1, 0.15) is 31.5 Å². The summed E-state index contributed by atoms with van der Waals surface area (Å²) in [7, 11) is 0. The van der Waals surface area contributed by atoms with Gasteiger partial charge in [-0.15, -0.1) is 0 Å². The number of nitrogens with one attached hydrogen (secondary N) is 1. The Balaban J connectivity index is 2.61. The van der Waals surface area contributed by atoms with Gasteiger partial charge in [0.15, 0.2) is 0 Å². The molecule has 1 aromatic heterocycles. The van der Waals surface area contributed by atoms with Gasteiger partial charge in [0.2, 0.25) is 0 Å². The predicted molar refractivity (Wildman–Crippen MR) is 61.6 cm³/mol. The van der Waals surface area contributed by atoms with Crippen molar-refractivity contribution in [2.75, 3.05) is 11.9 Å². The van der Waals surface area contributed by atoms with E-state index in [9.17, 15) is 0 Å². The SMILES string of the molecule is Cc1cc(C#N)cc(NCCC(C)C)n1. The second kappa shape index (κ2) is 5.35. The van der Waals surface area contributed by atoms with E-state index in [4.69, 9.17) is 5.26 Å². The molecule has 1 aromatic rings. The standard InChI is InChI=1S/C12H17N3/c1-9(2)4-5-14-12-7-11(8-13)6-10(3)15-12/h6-7,9H,4-5H2,1-3H3,(H,14,15). The summed E-state index contributed by atoms with van der Waals surface area (Å²) in [6.45, 7) is 7.17. The Morgan fingerprint density at radius 3 is 2.80 bits per heavy atom. The van der Waals surface area contributed by atoms with Crippen molar-refractivity contribution < 1.29 is 0 Å². The second-order valence-electron chi connectivity index (χ2n) is 4.10. The highest BCUT2D eigenvalue weighted by Gasteiger charge is 1.99. The van der Waals surface area contributed by atoms with Crippen LogP contribution in [-0.2, 0) is 0 Å². The number of aryl methyl sites for hydroxylation is 1. The maximum absolute atomic E-state index is 8.79. The van der Waals surface area contributed by atoms with E-state index in [-0.39, 0.29) is 0 Å². The van der Waals surface area contributed by atoms with Crippen LogP contribution in [0.2, 0.25) is 0 Å². The number of aromatic nitrogens is 1. The van der Waals surface area contributed by atoms with E-state index < -0.39 is 0 Å². The van der Waals surface area contributed by atoms with E-state index in [1.807, 2.05) is 6.92 Å². The van der Waals surface area contributed by atoms with Crippen LogP contribution in [-0.4, -0.2) is 11.5 Å². The molecular formula is C12H17N3. The molecule has 3 heteroatoms. The highest BCUT2D eigenvalue weighted by molar-refractivity contribution is 5.44. The van der Waals surface area contributed by atoms with Gasteiger partial charge >= 0.3 is 0 Å². The summed E-state index contributed by atoms with van der Waals surface area (Å²) in [6, 6.07) is 5.70. The molecule has 0 aliphatic heterocycles. The van der Waals surface area contributed by atoms with Crippen LogP contribution in [0.15, 0.2) is 12.1 Å². The predicted octanol–water partition coefficient (Wildman–Crippen LogP) is 2.72. The van der Waals surface area contributed by atoms with Gasteiger partial charge in [-0.2, -0.15) is 5.26 Å². The maximum Gasteiger partial charge on any atom is 0.127 e. The molecule has 1 rings (SSSR count). The molecule has 0 aliphatic carbocycles. The Kier molecular flexibility index (Phi) is 4.11. The van der Waals surface area contributed by atoms with Crippen LogP contribution in [0.5, 0.6) is 0 Å². The molecular weight excluding hydrogens is 186 g/mol. The molecule has 1 heterocycles. The third-order valence-corrected chi connectivity index (χ3v) is 2.11. The first-order chi connectivity index (χ1) is 7.11. The van der Waals surface area contributed by atoms with Crippen molar-refractivity contribution in [1.82, 2.24) is 4.98 Å². The third kappa shape index (κ3) is 3.99. The summed E-state index contributed by atoms with van der Waals surface area (Å²) >= 11 is 0. The van der Waals surface area contributed by atoms with Gasteiger partial charge in [-0.25, -0.2) is 4.98 Å². The molecule has 3 nitrogen and oxygen atoms in total. The fourth-order valence-electron chi connectivity index (χ4n) is 1.31. The van der Waals surface area contributed by atoms with Crippen LogP contribution in [0.3, 0.4) is 0 Å². The molecule has 0 spiro atoms. The van der Waals surface area contributed by atoms with Gasteiger partial charge in [-0.3, -0.25) is 0 Å². The summed E-state index contributed by atoms with van der Waals surface area (Å²) in [5, 5.41) is 12.0. The first-order valence-electron chi connectivity index (χ1n) is 5.24. The van der Waals surface area contributed by atoms with Crippen molar-refractivity contribution in [2.45, 2.75) is 27.2 Å². The molecule has 80 valence electrons. The Morgan fingerprint density at radius 1 is 1.47 bits per heavy atom. The van der Waals surface area contributed by atoms with E-state index in [0.29, 0.717) is 11.5 Å².